The number of methoxy groups -OCH3 is 1. The molecule has 0 N–H and O–H groups in total. The standard InChI is InChI=1S/C16H13NO3S/c1-18-12-3-2-11(10-17)16(8-12)21-13-4-5-14-15(9-13)20-7-6-19-14/h2-5,8-9H,6-7H2,1H3. The van der Waals surface area contributed by atoms with Gasteiger partial charge in [0, 0.05) is 9.79 Å². The Morgan fingerprint density at radius 3 is 2.67 bits per heavy atom. The van der Waals surface area contributed by atoms with Gasteiger partial charge < -0.3 is 14.2 Å². The summed E-state index contributed by atoms with van der Waals surface area (Å²) in [6, 6.07) is 13.4. The van der Waals surface area contributed by atoms with Crippen molar-refractivity contribution >= 4 is 11.8 Å². The van der Waals surface area contributed by atoms with Gasteiger partial charge in [-0.2, -0.15) is 5.26 Å². The molecule has 21 heavy (non-hydrogen) atoms. The zero-order valence-corrected chi connectivity index (χ0v) is 12.3. The Balaban J connectivity index is 1.91. The topological polar surface area (TPSA) is 51.5 Å². The Bertz CT molecular complexity index is 709. The quantitative estimate of drug-likeness (QED) is 0.868. The summed E-state index contributed by atoms with van der Waals surface area (Å²) >= 11 is 1.50. The highest BCUT2D eigenvalue weighted by atomic mass is 32.2. The van der Waals surface area contributed by atoms with E-state index in [1.807, 2.05) is 24.3 Å². The number of nitriles is 1. The van der Waals surface area contributed by atoms with E-state index in [9.17, 15) is 5.26 Å². The van der Waals surface area contributed by atoms with Crippen molar-refractivity contribution in [3.05, 3.63) is 42.0 Å². The maximum atomic E-state index is 9.20. The first-order valence-corrected chi connectivity index (χ1v) is 7.27. The highest BCUT2D eigenvalue weighted by Gasteiger charge is 2.13. The molecule has 0 spiro atoms. The van der Waals surface area contributed by atoms with Gasteiger partial charge in [0.15, 0.2) is 11.5 Å². The van der Waals surface area contributed by atoms with E-state index in [2.05, 4.69) is 6.07 Å². The molecule has 1 aliphatic rings. The van der Waals surface area contributed by atoms with Crippen molar-refractivity contribution in [1.29, 1.82) is 5.26 Å². The number of ether oxygens (including phenoxy) is 3. The lowest BCUT2D eigenvalue weighted by molar-refractivity contribution is 0.171. The number of rotatable bonds is 3. The molecule has 1 heterocycles. The first-order chi connectivity index (χ1) is 10.3. The molecule has 4 nitrogen and oxygen atoms in total. The third-order valence-corrected chi connectivity index (χ3v) is 4.10. The van der Waals surface area contributed by atoms with Crippen LogP contribution >= 0.6 is 11.8 Å². The SMILES string of the molecule is COc1ccc(C#N)c(Sc2ccc3c(c2)OCCO3)c1. The molecule has 3 rings (SSSR count). The predicted molar refractivity (Wildman–Crippen MR) is 79.3 cm³/mol. The molecule has 0 atom stereocenters. The van der Waals surface area contributed by atoms with Gasteiger partial charge in [-0.05, 0) is 36.4 Å². The fourth-order valence-corrected chi connectivity index (χ4v) is 2.98. The molecule has 1 aliphatic heterocycles. The smallest absolute Gasteiger partial charge is 0.162 e. The summed E-state index contributed by atoms with van der Waals surface area (Å²) < 4.78 is 16.3. The van der Waals surface area contributed by atoms with E-state index in [4.69, 9.17) is 14.2 Å². The van der Waals surface area contributed by atoms with Crippen molar-refractivity contribution in [2.75, 3.05) is 20.3 Å². The molecular formula is C16H13NO3S. The molecule has 2 aromatic carbocycles. The third-order valence-electron chi connectivity index (χ3n) is 3.05. The van der Waals surface area contributed by atoms with Crippen LogP contribution in [0.15, 0.2) is 46.2 Å². The van der Waals surface area contributed by atoms with Crippen molar-refractivity contribution in [2.24, 2.45) is 0 Å². The van der Waals surface area contributed by atoms with Gasteiger partial charge in [0.05, 0.1) is 12.7 Å². The average molecular weight is 299 g/mol. The summed E-state index contributed by atoms with van der Waals surface area (Å²) in [6.45, 7) is 1.14. The number of hydrogen-bond acceptors (Lipinski definition) is 5. The summed E-state index contributed by atoms with van der Waals surface area (Å²) in [5.74, 6) is 2.23. The Kier molecular flexibility index (Phi) is 3.89. The van der Waals surface area contributed by atoms with Crippen molar-refractivity contribution in [1.82, 2.24) is 0 Å². The van der Waals surface area contributed by atoms with Crippen molar-refractivity contribution < 1.29 is 14.2 Å². The monoisotopic (exact) mass is 299 g/mol. The van der Waals surface area contributed by atoms with E-state index in [0.717, 1.165) is 27.0 Å². The normalized spacial score (nSPS) is 12.6. The molecule has 5 heteroatoms. The van der Waals surface area contributed by atoms with Crippen LogP contribution in [-0.4, -0.2) is 20.3 Å². The highest BCUT2D eigenvalue weighted by molar-refractivity contribution is 7.99. The van der Waals surface area contributed by atoms with Gasteiger partial charge in [-0.1, -0.05) is 11.8 Å². The second kappa shape index (κ2) is 5.98. The number of hydrogen-bond donors (Lipinski definition) is 0. The molecule has 0 aromatic heterocycles. The minimum Gasteiger partial charge on any atom is -0.497 e. The van der Waals surface area contributed by atoms with Crippen LogP contribution in [0, 0.1) is 11.3 Å². The first kappa shape index (κ1) is 13.7. The van der Waals surface area contributed by atoms with Gasteiger partial charge in [-0.25, -0.2) is 0 Å². The molecule has 2 aromatic rings. The molecular weight excluding hydrogens is 286 g/mol. The van der Waals surface area contributed by atoms with E-state index in [1.165, 1.54) is 11.8 Å². The number of nitrogens with zero attached hydrogens (tertiary/aromatic N) is 1. The van der Waals surface area contributed by atoms with Gasteiger partial charge in [0.1, 0.15) is 25.0 Å². The van der Waals surface area contributed by atoms with Gasteiger partial charge in [0.2, 0.25) is 0 Å². The van der Waals surface area contributed by atoms with Crippen LogP contribution in [0.2, 0.25) is 0 Å². The van der Waals surface area contributed by atoms with Crippen LogP contribution in [0.1, 0.15) is 5.56 Å². The molecule has 0 aliphatic carbocycles. The fourth-order valence-electron chi connectivity index (χ4n) is 2.02. The Hall–Kier alpha value is -2.32. The Morgan fingerprint density at radius 1 is 1.10 bits per heavy atom. The Labute approximate surface area is 127 Å². The van der Waals surface area contributed by atoms with Gasteiger partial charge >= 0.3 is 0 Å². The molecule has 0 unspecified atom stereocenters. The summed E-state index contributed by atoms with van der Waals surface area (Å²) in [5, 5.41) is 9.20. The zero-order chi connectivity index (χ0) is 14.7. The number of fused-ring (bicyclic) bond motifs is 1. The van der Waals surface area contributed by atoms with E-state index >= 15 is 0 Å². The predicted octanol–water partition coefficient (Wildman–Crippen LogP) is 3.49. The van der Waals surface area contributed by atoms with Crippen molar-refractivity contribution in [2.45, 2.75) is 9.79 Å². The molecule has 0 radical (unpaired) electrons. The summed E-state index contributed by atoms with van der Waals surface area (Å²) in [6.07, 6.45) is 0. The molecule has 0 fully saturated rings. The minimum atomic E-state index is 0.559. The molecule has 106 valence electrons. The Morgan fingerprint density at radius 2 is 1.90 bits per heavy atom. The average Bonchev–Trinajstić information content (AvgIpc) is 2.54. The summed E-state index contributed by atoms with van der Waals surface area (Å²) in [4.78, 5) is 1.84. The second-order valence-electron chi connectivity index (χ2n) is 4.38. The summed E-state index contributed by atoms with van der Waals surface area (Å²) in [5.41, 5.74) is 0.621. The molecule has 0 saturated heterocycles. The highest BCUT2D eigenvalue weighted by Crippen LogP contribution is 2.38. The van der Waals surface area contributed by atoms with E-state index < -0.39 is 0 Å². The van der Waals surface area contributed by atoms with E-state index in [0.29, 0.717) is 18.8 Å². The van der Waals surface area contributed by atoms with Crippen molar-refractivity contribution in [3.63, 3.8) is 0 Å². The van der Waals surface area contributed by atoms with Gasteiger partial charge in [-0.15, -0.1) is 0 Å². The lowest BCUT2D eigenvalue weighted by atomic mass is 10.2. The minimum absolute atomic E-state index is 0.559. The maximum Gasteiger partial charge on any atom is 0.162 e. The van der Waals surface area contributed by atoms with Crippen molar-refractivity contribution in [3.8, 4) is 23.3 Å². The largest absolute Gasteiger partial charge is 0.497 e. The molecule has 0 saturated carbocycles. The molecule has 0 bridgehead atoms. The van der Waals surface area contributed by atoms with Crippen LogP contribution in [0.25, 0.3) is 0 Å². The lowest BCUT2D eigenvalue weighted by Gasteiger charge is -2.18. The fraction of sp³-hybridized carbons (Fsp3) is 0.188. The molecule has 0 amide bonds. The van der Waals surface area contributed by atoms with Crippen LogP contribution in [-0.2, 0) is 0 Å². The third kappa shape index (κ3) is 2.91. The maximum absolute atomic E-state index is 9.20. The van der Waals surface area contributed by atoms with Crippen LogP contribution in [0.5, 0.6) is 17.2 Å². The van der Waals surface area contributed by atoms with E-state index in [-0.39, 0.29) is 0 Å². The second-order valence-corrected chi connectivity index (χ2v) is 5.50. The van der Waals surface area contributed by atoms with Gasteiger partial charge in [-0.3, -0.25) is 0 Å². The zero-order valence-electron chi connectivity index (χ0n) is 11.5. The summed E-state index contributed by atoms with van der Waals surface area (Å²) in [7, 11) is 1.61. The van der Waals surface area contributed by atoms with E-state index in [1.54, 1.807) is 19.2 Å². The first-order valence-electron chi connectivity index (χ1n) is 6.46. The number of benzene rings is 2. The lowest BCUT2D eigenvalue weighted by Crippen LogP contribution is -2.15. The van der Waals surface area contributed by atoms with Crippen LogP contribution in [0.3, 0.4) is 0 Å². The van der Waals surface area contributed by atoms with Gasteiger partial charge in [0.25, 0.3) is 0 Å². The van der Waals surface area contributed by atoms with Crippen LogP contribution < -0.4 is 14.2 Å². The van der Waals surface area contributed by atoms with Crippen LogP contribution in [0.4, 0.5) is 0 Å².